The van der Waals surface area contributed by atoms with E-state index in [2.05, 4.69) is 13.5 Å². The molecule has 0 saturated heterocycles. The van der Waals surface area contributed by atoms with Crippen molar-refractivity contribution in [1.82, 2.24) is 0 Å². The minimum absolute atomic E-state index is 0.0313. The zero-order chi connectivity index (χ0) is 11.8. The molecule has 1 atom stereocenters. The van der Waals surface area contributed by atoms with Crippen LogP contribution in [0.2, 0.25) is 0 Å². The van der Waals surface area contributed by atoms with Crippen LogP contribution in [0.5, 0.6) is 0 Å². The average Bonchev–Trinajstić information content (AvgIpc) is 2.29. The molecule has 0 aliphatic heterocycles. The number of unbranched alkanes of at least 4 members (excludes halogenated alkanes) is 3. The molecular weight excluding hydrogens is 196 g/mol. The van der Waals surface area contributed by atoms with Crippen LogP contribution in [0.25, 0.3) is 0 Å². The number of aliphatic hydroxyl groups excluding tert-OH is 1. The topological polar surface area (TPSA) is 20.2 Å². The van der Waals surface area contributed by atoms with Gasteiger partial charge in [-0.15, -0.1) is 6.58 Å². The first-order valence-electron chi connectivity index (χ1n) is 7.03. The smallest absolute Gasteiger partial charge is 0.0568 e. The van der Waals surface area contributed by atoms with Gasteiger partial charge >= 0.3 is 0 Å². The Kier molecular flexibility index (Phi) is 6.79. The van der Waals surface area contributed by atoms with E-state index in [-0.39, 0.29) is 6.10 Å². The highest BCUT2D eigenvalue weighted by Gasteiger charge is 2.23. The molecule has 0 heterocycles. The third-order valence-electron chi connectivity index (χ3n) is 4.01. The molecule has 1 unspecified atom stereocenters. The van der Waals surface area contributed by atoms with Crippen molar-refractivity contribution in [1.29, 1.82) is 0 Å². The maximum absolute atomic E-state index is 10.1. The lowest BCUT2D eigenvalue weighted by atomic mass is 9.79. The van der Waals surface area contributed by atoms with Gasteiger partial charge in [-0.1, -0.05) is 38.7 Å². The van der Waals surface area contributed by atoms with Gasteiger partial charge in [0.05, 0.1) is 6.10 Å². The quantitative estimate of drug-likeness (QED) is 0.504. The molecule has 94 valence electrons. The normalized spacial score (nSPS) is 27.6. The Labute approximate surface area is 101 Å². The van der Waals surface area contributed by atoms with Crippen molar-refractivity contribution in [3.63, 3.8) is 0 Å². The predicted octanol–water partition coefficient (Wildman–Crippen LogP) is 4.31. The molecule has 1 heteroatoms. The van der Waals surface area contributed by atoms with Crippen LogP contribution in [0.15, 0.2) is 12.7 Å². The molecule has 1 fully saturated rings. The first-order chi connectivity index (χ1) is 7.74. The predicted molar refractivity (Wildman–Crippen MR) is 70.4 cm³/mol. The van der Waals surface area contributed by atoms with Crippen molar-refractivity contribution >= 4 is 0 Å². The lowest BCUT2D eigenvalue weighted by molar-refractivity contribution is 0.0666. The standard InChI is InChI=1S/C15H28O/c1-3-4-5-6-7-8-15(16)14-11-9-13(2)10-12-14/h3,13-16H,1,4-12H2,2H3. The Hall–Kier alpha value is -0.300. The molecule has 16 heavy (non-hydrogen) atoms. The van der Waals surface area contributed by atoms with Gasteiger partial charge in [0.2, 0.25) is 0 Å². The van der Waals surface area contributed by atoms with Crippen molar-refractivity contribution in [2.24, 2.45) is 11.8 Å². The maximum Gasteiger partial charge on any atom is 0.0568 e. The van der Waals surface area contributed by atoms with Gasteiger partial charge in [0.15, 0.2) is 0 Å². The SMILES string of the molecule is C=CCCCCCC(O)C1CCC(C)CC1. The first kappa shape index (κ1) is 13.8. The van der Waals surface area contributed by atoms with Gasteiger partial charge in [0.1, 0.15) is 0 Å². The molecule has 0 aromatic rings. The fourth-order valence-corrected chi connectivity index (χ4v) is 2.73. The van der Waals surface area contributed by atoms with E-state index < -0.39 is 0 Å². The minimum atomic E-state index is -0.0313. The number of allylic oxidation sites excluding steroid dienone is 1. The summed E-state index contributed by atoms with van der Waals surface area (Å²) in [5.41, 5.74) is 0. The van der Waals surface area contributed by atoms with Gasteiger partial charge in [0, 0.05) is 0 Å². The highest BCUT2D eigenvalue weighted by Crippen LogP contribution is 2.31. The van der Waals surface area contributed by atoms with Gasteiger partial charge in [-0.05, 0) is 43.9 Å². The van der Waals surface area contributed by atoms with Crippen LogP contribution in [0.4, 0.5) is 0 Å². The lowest BCUT2D eigenvalue weighted by Crippen LogP contribution is -2.24. The highest BCUT2D eigenvalue weighted by molar-refractivity contribution is 4.76. The van der Waals surface area contributed by atoms with Crippen molar-refractivity contribution in [3.05, 3.63) is 12.7 Å². The Bertz CT molecular complexity index is 180. The zero-order valence-corrected chi connectivity index (χ0v) is 10.8. The summed E-state index contributed by atoms with van der Waals surface area (Å²) < 4.78 is 0. The van der Waals surface area contributed by atoms with E-state index in [1.54, 1.807) is 0 Å². The van der Waals surface area contributed by atoms with E-state index in [0.717, 1.165) is 18.8 Å². The van der Waals surface area contributed by atoms with Crippen molar-refractivity contribution in [2.45, 2.75) is 70.8 Å². The van der Waals surface area contributed by atoms with Crippen molar-refractivity contribution in [3.8, 4) is 0 Å². The molecule has 0 aromatic carbocycles. The molecule has 0 aromatic heterocycles. The van der Waals surface area contributed by atoms with E-state index in [0.29, 0.717) is 5.92 Å². The fourth-order valence-electron chi connectivity index (χ4n) is 2.73. The second kappa shape index (κ2) is 7.89. The Morgan fingerprint density at radius 3 is 2.50 bits per heavy atom. The summed E-state index contributed by atoms with van der Waals surface area (Å²) in [7, 11) is 0. The summed E-state index contributed by atoms with van der Waals surface area (Å²) in [6.45, 7) is 6.06. The third-order valence-corrected chi connectivity index (χ3v) is 4.01. The van der Waals surface area contributed by atoms with Crippen LogP contribution in [-0.2, 0) is 0 Å². The molecule has 1 aliphatic rings. The average molecular weight is 224 g/mol. The van der Waals surface area contributed by atoms with Crippen LogP contribution in [-0.4, -0.2) is 11.2 Å². The van der Waals surface area contributed by atoms with Gasteiger partial charge in [-0.25, -0.2) is 0 Å². The number of aliphatic hydroxyl groups is 1. The third kappa shape index (κ3) is 5.16. The molecular formula is C15H28O. The monoisotopic (exact) mass is 224 g/mol. The van der Waals surface area contributed by atoms with E-state index >= 15 is 0 Å². The lowest BCUT2D eigenvalue weighted by Gasteiger charge is -2.29. The van der Waals surface area contributed by atoms with Crippen LogP contribution >= 0.6 is 0 Å². The van der Waals surface area contributed by atoms with Gasteiger partial charge in [0.25, 0.3) is 0 Å². The molecule has 1 saturated carbocycles. The summed E-state index contributed by atoms with van der Waals surface area (Å²) in [5.74, 6) is 1.48. The van der Waals surface area contributed by atoms with Crippen molar-refractivity contribution < 1.29 is 5.11 Å². The molecule has 0 spiro atoms. The van der Waals surface area contributed by atoms with Crippen molar-refractivity contribution in [2.75, 3.05) is 0 Å². The summed E-state index contributed by atoms with van der Waals surface area (Å²) >= 11 is 0. The molecule has 1 aliphatic carbocycles. The van der Waals surface area contributed by atoms with Crippen LogP contribution < -0.4 is 0 Å². The van der Waals surface area contributed by atoms with E-state index in [1.165, 1.54) is 44.9 Å². The molecule has 0 amide bonds. The number of rotatable bonds is 7. The summed E-state index contributed by atoms with van der Waals surface area (Å²) in [5, 5.41) is 10.1. The zero-order valence-electron chi connectivity index (χ0n) is 10.8. The maximum atomic E-state index is 10.1. The summed E-state index contributed by atoms with van der Waals surface area (Å²) in [6.07, 6.45) is 12.9. The number of hydrogen-bond donors (Lipinski definition) is 1. The molecule has 1 N–H and O–H groups in total. The van der Waals surface area contributed by atoms with Gasteiger partial charge in [-0.2, -0.15) is 0 Å². The van der Waals surface area contributed by atoms with E-state index in [9.17, 15) is 5.11 Å². The van der Waals surface area contributed by atoms with Crippen LogP contribution in [0.3, 0.4) is 0 Å². The highest BCUT2D eigenvalue weighted by atomic mass is 16.3. The summed E-state index contributed by atoms with van der Waals surface area (Å²) in [4.78, 5) is 0. The minimum Gasteiger partial charge on any atom is -0.393 e. The molecule has 0 radical (unpaired) electrons. The first-order valence-corrected chi connectivity index (χ1v) is 7.03. The van der Waals surface area contributed by atoms with Crippen LogP contribution in [0, 0.1) is 11.8 Å². The molecule has 1 nitrogen and oxygen atoms in total. The molecule has 1 rings (SSSR count). The number of hydrogen-bond acceptors (Lipinski definition) is 1. The largest absolute Gasteiger partial charge is 0.393 e. The van der Waals surface area contributed by atoms with E-state index in [4.69, 9.17) is 0 Å². The van der Waals surface area contributed by atoms with Gasteiger partial charge < -0.3 is 5.11 Å². The fraction of sp³-hybridized carbons (Fsp3) is 0.867. The second-order valence-electron chi connectivity index (χ2n) is 5.51. The summed E-state index contributed by atoms with van der Waals surface area (Å²) in [6, 6.07) is 0. The van der Waals surface area contributed by atoms with E-state index in [1.807, 2.05) is 6.08 Å². The van der Waals surface area contributed by atoms with Gasteiger partial charge in [-0.3, -0.25) is 0 Å². The Balaban J connectivity index is 2.05. The second-order valence-corrected chi connectivity index (χ2v) is 5.51. The molecule has 0 bridgehead atoms. The van der Waals surface area contributed by atoms with Crippen LogP contribution in [0.1, 0.15) is 64.7 Å². The Morgan fingerprint density at radius 1 is 1.19 bits per heavy atom. The Morgan fingerprint density at radius 2 is 1.88 bits per heavy atom.